The van der Waals surface area contributed by atoms with Crippen molar-refractivity contribution in [2.75, 3.05) is 23.0 Å². The minimum Gasteiger partial charge on any atom is -0.454 e. The maximum absolute atomic E-state index is 13.1. The van der Waals surface area contributed by atoms with E-state index in [-0.39, 0.29) is 17.6 Å². The van der Waals surface area contributed by atoms with Crippen molar-refractivity contribution in [1.82, 2.24) is 0 Å². The molecule has 3 aromatic carbocycles. The zero-order valence-corrected chi connectivity index (χ0v) is 17.6. The fourth-order valence-electron chi connectivity index (χ4n) is 3.78. The summed E-state index contributed by atoms with van der Waals surface area (Å²) in [6.45, 7) is 2.43. The second-order valence-electron chi connectivity index (χ2n) is 7.51. The summed E-state index contributed by atoms with van der Waals surface area (Å²) in [6.07, 6.45) is 0.547. The third kappa shape index (κ3) is 3.48. The quantitative estimate of drug-likeness (QED) is 0.674. The number of nitrogens with zero attached hydrogens (tertiary/aromatic N) is 1. The molecular formula is C23H20N2O5S. The highest BCUT2D eigenvalue weighted by atomic mass is 32.2. The van der Waals surface area contributed by atoms with Gasteiger partial charge < -0.3 is 14.8 Å². The van der Waals surface area contributed by atoms with Crippen LogP contribution < -0.4 is 19.1 Å². The number of nitrogens with one attached hydrogen (secondary N) is 1. The van der Waals surface area contributed by atoms with Gasteiger partial charge in [0.15, 0.2) is 11.5 Å². The van der Waals surface area contributed by atoms with Crippen molar-refractivity contribution in [2.24, 2.45) is 0 Å². The lowest BCUT2D eigenvalue weighted by atomic mass is 10.1. The van der Waals surface area contributed by atoms with E-state index in [1.807, 2.05) is 6.92 Å². The van der Waals surface area contributed by atoms with Crippen molar-refractivity contribution in [3.05, 3.63) is 77.4 Å². The first kappa shape index (κ1) is 19.4. The van der Waals surface area contributed by atoms with Gasteiger partial charge in [-0.05, 0) is 61.4 Å². The first-order valence-electron chi connectivity index (χ1n) is 9.85. The molecule has 3 aromatic rings. The molecule has 0 aliphatic carbocycles. The highest BCUT2D eigenvalue weighted by Gasteiger charge is 2.31. The van der Waals surface area contributed by atoms with Crippen LogP contribution in [0.1, 0.15) is 21.5 Å². The Morgan fingerprint density at radius 2 is 1.74 bits per heavy atom. The van der Waals surface area contributed by atoms with Crippen LogP contribution in [0, 0.1) is 6.92 Å². The molecule has 31 heavy (non-hydrogen) atoms. The first-order valence-corrected chi connectivity index (χ1v) is 11.3. The smallest absolute Gasteiger partial charge is 0.264 e. The molecule has 0 atom stereocenters. The van der Waals surface area contributed by atoms with E-state index in [0.29, 0.717) is 41.4 Å². The van der Waals surface area contributed by atoms with Gasteiger partial charge >= 0.3 is 0 Å². The zero-order valence-electron chi connectivity index (χ0n) is 16.8. The molecule has 0 radical (unpaired) electrons. The van der Waals surface area contributed by atoms with Crippen LogP contribution >= 0.6 is 0 Å². The van der Waals surface area contributed by atoms with E-state index in [2.05, 4.69) is 5.32 Å². The Morgan fingerprint density at radius 1 is 0.968 bits per heavy atom. The van der Waals surface area contributed by atoms with Crippen LogP contribution in [0.2, 0.25) is 0 Å². The van der Waals surface area contributed by atoms with Crippen molar-refractivity contribution in [1.29, 1.82) is 0 Å². The molecule has 0 aromatic heterocycles. The predicted molar refractivity (Wildman–Crippen MR) is 116 cm³/mol. The topological polar surface area (TPSA) is 84.9 Å². The number of benzene rings is 3. The third-order valence-electron chi connectivity index (χ3n) is 5.43. The van der Waals surface area contributed by atoms with E-state index >= 15 is 0 Å². The molecule has 1 N–H and O–H groups in total. The number of sulfonamides is 1. The van der Waals surface area contributed by atoms with Gasteiger partial charge in [0.25, 0.3) is 15.9 Å². The minimum atomic E-state index is -3.65. The van der Waals surface area contributed by atoms with Gasteiger partial charge in [0.2, 0.25) is 6.79 Å². The molecule has 0 bridgehead atoms. The SMILES string of the molecule is Cc1ccc(S(=O)(=O)N2CCc3cc(C(=O)Nc4ccc5c(c4)OCO5)ccc32)cc1. The van der Waals surface area contributed by atoms with Crippen LogP contribution in [-0.2, 0) is 16.4 Å². The average molecular weight is 436 g/mol. The Bertz CT molecular complexity index is 1290. The monoisotopic (exact) mass is 436 g/mol. The lowest BCUT2D eigenvalue weighted by molar-refractivity contribution is 0.102. The molecule has 8 heteroatoms. The average Bonchev–Trinajstić information content (AvgIpc) is 3.40. The van der Waals surface area contributed by atoms with E-state index in [4.69, 9.17) is 9.47 Å². The summed E-state index contributed by atoms with van der Waals surface area (Å²) in [7, 11) is -3.65. The summed E-state index contributed by atoms with van der Waals surface area (Å²) >= 11 is 0. The Kier molecular flexibility index (Phi) is 4.59. The third-order valence-corrected chi connectivity index (χ3v) is 7.26. The Hall–Kier alpha value is -3.52. The number of hydrogen-bond acceptors (Lipinski definition) is 5. The van der Waals surface area contributed by atoms with Gasteiger partial charge in [0.1, 0.15) is 0 Å². The normalized spacial score (nSPS) is 14.4. The molecule has 158 valence electrons. The van der Waals surface area contributed by atoms with Crippen LogP contribution in [0.15, 0.2) is 65.6 Å². The fourth-order valence-corrected chi connectivity index (χ4v) is 5.28. The molecule has 0 unspecified atom stereocenters. The molecule has 0 spiro atoms. The molecule has 5 rings (SSSR count). The summed E-state index contributed by atoms with van der Waals surface area (Å²) in [6, 6.07) is 17.1. The second kappa shape index (κ2) is 7.31. The van der Waals surface area contributed by atoms with E-state index < -0.39 is 10.0 Å². The van der Waals surface area contributed by atoms with Crippen molar-refractivity contribution in [2.45, 2.75) is 18.2 Å². The van der Waals surface area contributed by atoms with Crippen molar-refractivity contribution in [3.8, 4) is 11.5 Å². The number of aryl methyl sites for hydroxylation is 1. The van der Waals surface area contributed by atoms with E-state index in [1.54, 1.807) is 60.7 Å². The van der Waals surface area contributed by atoms with E-state index in [9.17, 15) is 13.2 Å². The van der Waals surface area contributed by atoms with Gasteiger partial charge in [0, 0.05) is 23.9 Å². The number of amides is 1. The van der Waals surface area contributed by atoms with Crippen molar-refractivity contribution < 1.29 is 22.7 Å². The highest BCUT2D eigenvalue weighted by molar-refractivity contribution is 7.92. The van der Waals surface area contributed by atoms with Crippen LogP contribution in [0.25, 0.3) is 0 Å². The molecule has 2 heterocycles. The maximum atomic E-state index is 13.1. The largest absolute Gasteiger partial charge is 0.454 e. The minimum absolute atomic E-state index is 0.166. The molecule has 0 fully saturated rings. The van der Waals surface area contributed by atoms with Crippen molar-refractivity contribution >= 4 is 27.3 Å². The first-order chi connectivity index (χ1) is 14.9. The predicted octanol–water partition coefficient (Wildman–Crippen LogP) is 3.73. The van der Waals surface area contributed by atoms with Gasteiger partial charge in [-0.3, -0.25) is 9.10 Å². The zero-order chi connectivity index (χ0) is 21.6. The number of ether oxygens (including phenoxy) is 2. The maximum Gasteiger partial charge on any atom is 0.264 e. The molecule has 7 nitrogen and oxygen atoms in total. The summed E-state index contributed by atoms with van der Waals surface area (Å²) in [5.74, 6) is 0.954. The Morgan fingerprint density at radius 3 is 2.55 bits per heavy atom. The lowest BCUT2D eigenvalue weighted by Crippen LogP contribution is -2.29. The molecule has 2 aliphatic heterocycles. The molecule has 0 saturated heterocycles. The number of anilines is 2. The Labute approximate surface area is 180 Å². The van der Waals surface area contributed by atoms with Gasteiger partial charge in [-0.2, -0.15) is 0 Å². The van der Waals surface area contributed by atoms with E-state index in [1.165, 1.54) is 4.31 Å². The summed E-state index contributed by atoms with van der Waals surface area (Å²) in [5.41, 5.74) is 3.50. The van der Waals surface area contributed by atoms with Crippen molar-refractivity contribution in [3.63, 3.8) is 0 Å². The van der Waals surface area contributed by atoms with Crippen LogP contribution in [0.3, 0.4) is 0 Å². The standard InChI is InChI=1S/C23H20N2O5S/c1-15-2-6-19(7-3-15)31(27,28)25-11-10-16-12-17(4-8-20(16)25)23(26)24-18-5-9-21-22(13-18)30-14-29-21/h2-9,12-13H,10-11,14H2,1H3,(H,24,26). The number of rotatable bonds is 4. The molecule has 0 saturated carbocycles. The number of carbonyl (C=O) groups excluding carboxylic acids is 1. The summed E-state index contributed by atoms with van der Waals surface area (Å²) < 4.78 is 38.2. The summed E-state index contributed by atoms with van der Waals surface area (Å²) in [5, 5.41) is 2.85. The Balaban J connectivity index is 1.37. The number of hydrogen-bond donors (Lipinski definition) is 1. The molecular weight excluding hydrogens is 416 g/mol. The number of carbonyl (C=O) groups is 1. The van der Waals surface area contributed by atoms with Crippen LogP contribution in [0.4, 0.5) is 11.4 Å². The van der Waals surface area contributed by atoms with Gasteiger partial charge in [-0.15, -0.1) is 0 Å². The second-order valence-corrected chi connectivity index (χ2v) is 9.37. The van der Waals surface area contributed by atoms with Gasteiger partial charge in [-0.25, -0.2) is 8.42 Å². The van der Waals surface area contributed by atoms with Crippen LogP contribution in [-0.4, -0.2) is 27.7 Å². The molecule has 2 aliphatic rings. The van der Waals surface area contributed by atoms with Crippen LogP contribution in [0.5, 0.6) is 11.5 Å². The van der Waals surface area contributed by atoms with Gasteiger partial charge in [-0.1, -0.05) is 17.7 Å². The fraction of sp³-hybridized carbons (Fsp3) is 0.174. The number of fused-ring (bicyclic) bond motifs is 2. The van der Waals surface area contributed by atoms with Gasteiger partial charge in [0.05, 0.1) is 10.6 Å². The molecule has 1 amide bonds. The highest BCUT2D eigenvalue weighted by Crippen LogP contribution is 2.35. The lowest BCUT2D eigenvalue weighted by Gasteiger charge is -2.20. The van der Waals surface area contributed by atoms with E-state index in [0.717, 1.165) is 11.1 Å². The summed E-state index contributed by atoms with van der Waals surface area (Å²) in [4.78, 5) is 13.0.